The zero-order valence-electron chi connectivity index (χ0n) is 12.5. The van der Waals surface area contributed by atoms with Crippen LogP contribution in [0.2, 0.25) is 0 Å². The average molecular weight is 291 g/mol. The van der Waals surface area contributed by atoms with Crippen LogP contribution in [0.15, 0.2) is 18.2 Å². The van der Waals surface area contributed by atoms with E-state index in [1.54, 1.807) is 0 Å². The molecule has 0 aliphatic heterocycles. The van der Waals surface area contributed by atoms with Gasteiger partial charge < -0.3 is 15.3 Å². The molecular weight excluding hydrogens is 270 g/mol. The summed E-state index contributed by atoms with van der Waals surface area (Å²) in [7, 11) is 3.76. The fourth-order valence-electron chi connectivity index (χ4n) is 2.16. The van der Waals surface area contributed by atoms with Crippen LogP contribution in [0.4, 0.5) is 16.6 Å². The summed E-state index contributed by atoms with van der Waals surface area (Å²) in [5.74, 6) is 1.13. The lowest BCUT2D eigenvalue weighted by Crippen LogP contribution is -2.36. The number of hydrogen-bond acceptors (Lipinski definition) is 5. The maximum Gasteiger partial charge on any atom is 0.322 e. The minimum Gasteiger partial charge on any atom is -0.396 e. The van der Waals surface area contributed by atoms with Crippen LogP contribution >= 0.6 is 0 Å². The van der Waals surface area contributed by atoms with Gasteiger partial charge in [0.15, 0.2) is 0 Å². The molecule has 3 N–H and O–H groups in total. The number of anilines is 2. The summed E-state index contributed by atoms with van der Waals surface area (Å²) in [6, 6.07) is 1.42. The normalized spacial score (nSPS) is 20.4. The molecule has 0 unspecified atom stereocenters. The molecule has 1 heterocycles. The highest BCUT2D eigenvalue weighted by atomic mass is 16.3. The van der Waals surface area contributed by atoms with Crippen LogP contribution in [-0.4, -0.2) is 47.8 Å². The van der Waals surface area contributed by atoms with Crippen LogP contribution in [0.5, 0.6) is 0 Å². The van der Waals surface area contributed by atoms with E-state index < -0.39 is 0 Å². The minimum absolute atomic E-state index is 0.0692. The van der Waals surface area contributed by atoms with E-state index in [9.17, 15) is 4.79 Å². The molecule has 2 atom stereocenters. The largest absolute Gasteiger partial charge is 0.396 e. The predicted octanol–water partition coefficient (Wildman–Crippen LogP) is 0.910. The number of urea groups is 1. The van der Waals surface area contributed by atoms with Crippen molar-refractivity contribution >= 4 is 17.8 Å². The minimum atomic E-state index is -0.349. The Kier molecular flexibility index (Phi) is 4.74. The van der Waals surface area contributed by atoms with Gasteiger partial charge >= 0.3 is 6.03 Å². The Balaban J connectivity index is 1.95. The van der Waals surface area contributed by atoms with Crippen LogP contribution in [-0.2, 0) is 0 Å². The third-order valence-corrected chi connectivity index (χ3v) is 3.25. The van der Waals surface area contributed by atoms with E-state index >= 15 is 0 Å². The summed E-state index contributed by atoms with van der Waals surface area (Å²) >= 11 is 0. The lowest BCUT2D eigenvalue weighted by Gasteiger charge is -2.15. The van der Waals surface area contributed by atoms with Crippen molar-refractivity contribution < 1.29 is 9.90 Å². The van der Waals surface area contributed by atoms with E-state index in [2.05, 4.69) is 20.6 Å². The van der Waals surface area contributed by atoms with E-state index in [-0.39, 0.29) is 30.5 Å². The molecule has 2 rings (SSSR count). The molecule has 0 bridgehead atoms. The number of rotatable bonds is 4. The summed E-state index contributed by atoms with van der Waals surface area (Å²) in [5.41, 5.74) is 0.783. The Hall–Kier alpha value is -2.15. The molecule has 0 saturated heterocycles. The third kappa shape index (κ3) is 4.16. The summed E-state index contributed by atoms with van der Waals surface area (Å²) in [4.78, 5) is 22.3. The average Bonchev–Trinajstić information content (AvgIpc) is 2.85. The van der Waals surface area contributed by atoms with Gasteiger partial charge in [-0.05, 0) is 13.3 Å². The molecule has 7 nitrogen and oxygen atoms in total. The predicted molar refractivity (Wildman–Crippen MR) is 81.4 cm³/mol. The van der Waals surface area contributed by atoms with Gasteiger partial charge in [-0.3, -0.25) is 5.32 Å². The Bertz CT molecular complexity index is 544. The van der Waals surface area contributed by atoms with E-state index in [1.807, 2.05) is 44.1 Å². The zero-order valence-corrected chi connectivity index (χ0v) is 12.5. The molecule has 114 valence electrons. The number of aromatic nitrogens is 2. The second-order valence-corrected chi connectivity index (χ2v) is 5.35. The molecule has 7 heteroatoms. The Morgan fingerprint density at radius 1 is 1.43 bits per heavy atom. The summed E-state index contributed by atoms with van der Waals surface area (Å²) in [6.45, 7) is 1.95. The van der Waals surface area contributed by atoms with Crippen molar-refractivity contribution in [3.8, 4) is 0 Å². The van der Waals surface area contributed by atoms with Crippen LogP contribution in [0.1, 0.15) is 12.1 Å². The topological polar surface area (TPSA) is 90.4 Å². The lowest BCUT2D eigenvalue weighted by atomic mass is 10.1. The third-order valence-electron chi connectivity index (χ3n) is 3.25. The monoisotopic (exact) mass is 291 g/mol. The maximum absolute atomic E-state index is 11.9. The van der Waals surface area contributed by atoms with Crippen molar-refractivity contribution in [1.82, 2.24) is 15.3 Å². The van der Waals surface area contributed by atoms with E-state index in [1.165, 1.54) is 0 Å². The number of carbonyl (C=O) groups is 1. The van der Waals surface area contributed by atoms with Crippen molar-refractivity contribution in [2.75, 3.05) is 30.9 Å². The van der Waals surface area contributed by atoms with Crippen molar-refractivity contribution in [3.63, 3.8) is 0 Å². The van der Waals surface area contributed by atoms with Gasteiger partial charge in [-0.2, -0.15) is 4.98 Å². The molecule has 21 heavy (non-hydrogen) atoms. The number of aliphatic hydroxyl groups excluding tert-OH is 1. The van der Waals surface area contributed by atoms with Gasteiger partial charge in [0.1, 0.15) is 5.82 Å². The Morgan fingerprint density at radius 3 is 2.81 bits per heavy atom. The second-order valence-electron chi connectivity index (χ2n) is 5.35. The smallest absolute Gasteiger partial charge is 0.322 e. The molecule has 0 saturated carbocycles. The number of amides is 2. The molecule has 2 amide bonds. The highest BCUT2D eigenvalue weighted by Crippen LogP contribution is 2.17. The molecule has 1 aromatic heterocycles. The van der Waals surface area contributed by atoms with Crippen LogP contribution in [0.3, 0.4) is 0 Å². The number of aryl methyl sites for hydroxylation is 1. The van der Waals surface area contributed by atoms with Gasteiger partial charge in [0.2, 0.25) is 5.95 Å². The molecule has 0 fully saturated rings. The zero-order chi connectivity index (χ0) is 15.4. The van der Waals surface area contributed by atoms with Crippen molar-refractivity contribution in [1.29, 1.82) is 0 Å². The molecular formula is C14H21N5O2. The summed E-state index contributed by atoms with van der Waals surface area (Å²) in [6.07, 6.45) is 4.52. The molecule has 1 aliphatic rings. The van der Waals surface area contributed by atoms with Gasteiger partial charge in [-0.15, -0.1) is 0 Å². The van der Waals surface area contributed by atoms with E-state index in [4.69, 9.17) is 5.11 Å². The number of nitrogens with one attached hydrogen (secondary N) is 2. The number of carbonyl (C=O) groups excluding carboxylic acids is 1. The standard InChI is InChI=1S/C14H21N5O2/c1-9-6-12(19(2)3)17-13(15-9)18-14(21)16-11-5-4-10(7-11)8-20/h4-6,10-11,20H,7-8H2,1-3H3,(H2,15,16,17,18,21)/t10-,11+/m0/s1. The van der Waals surface area contributed by atoms with Crippen LogP contribution < -0.4 is 15.5 Å². The van der Waals surface area contributed by atoms with Gasteiger partial charge in [0.05, 0.1) is 0 Å². The number of nitrogens with zero attached hydrogens (tertiary/aromatic N) is 3. The van der Waals surface area contributed by atoms with Crippen LogP contribution in [0.25, 0.3) is 0 Å². The van der Waals surface area contributed by atoms with Crippen molar-refractivity contribution in [3.05, 3.63) is 23.9 Å². The Morgan fingerprint density at radius 2 is 2.19 bits per heavy atom. The first-order valence-electron chi connectivity index (χ1n) is 6.87. The molecule has 0 spiro atoms. The molecule has 0 radical (unpaired) electrons. The lowest BCUT2D eigenvalue weighted by molar-refractivity contribution is 0.238. The van der Waals surface area contributed by atoms with E-state index in [0.29, 0.717) is 6.42 Å². The van der Waals surface area contributed by atoms with Gasteiger partial charge in [0, 0.05) is 44.4 Å². The first kappa shape index (κ1) is 15.2. The molecule has 1 aliphatic carbocycles. The van der Waals surface area contributed by atoms with Gasteiger partial charge in [0.25, 0.3) is 0 Å². The summed E-state index contributed by atoms with van der Waals surface area (Å²) in [5, 5.41) is 14.5. The molecule has 0 aromatic carbocycles. The van der Waals surface area contributed by atoms with Crippen molar-refractivity contribution in [2.24, 2.45) is 5.92 Å². The maximum atomic E-state index is 11.9. The quantitative estimate of drug-likeness (QED) is 0.717. The first-order valence-corrected chi connectivity index (χ1v) is 6.87. The summed E-state index contributed by atoms with van der Waals surface area (Å²) < 4.78 is 0. The molecule has 1 aromatic rings. The number of aliphatic hydroxyl groups is 1. The first-order chi connectivity index (χ1) is 9.97. The number of hydrogen-bond donors (Lipinski definition) is 3. The SMILES string of the molecule is Cc1cc(N(C)C)nc(NC(=O)N[C@@H]2C=C[C@H](CO)C2)n1. The second kappa shape index (κ2) is 6.53. The fourth-order valence-corrected chi connectivity index (χ4v) is 2.16. The van der Waals surface area contributed by atoms with Gasteiger partial charge in [-0.25, -0.2) is 9.78 Å². The van der Waals surface area contributed by atoms with E-state index in [0.717, 1.165) is 11.5 Å². The highest BCUT2D eigenvalue weighted by molar-refractivity contribution is 5.87. The fraction of sp³-hybridized carbons (Fsp3) is 0.500. The van der Waals surface area contributed by atoms with Gasteiger partial charge in [-0.1, -0.05) is 12.2 Å². The van der Waals surface area contributed by atoms with Crippen molar-refractivity contribution in [2.45, 2.75) is 19.4 Å². The highest BCUT2D eigenvalue weighted by Gasteiger charge is 2.20. The Labute approximate surface area is 124 Å². The van der Waals surface area contributed by atoms with Crippen LogP contribution in [0, 0.1) is 12.8 Å².